The summed E-state index contributed by atoms with van der Waals surface area (Å²) in [6, 6.07) is 11.9. The Balaban J connectivity index is 1.50. The third-order valence-electron chi connectivity index (χ3n) is 3.48. The van der Waals surface area contributed by atoms with Crippen LogP contribution >= 0.6 is 0 Å². The average molecular weight is 347 g/mol. The fraction of sp³-hybridized carbons (Fsp3) is 0.167. The van der Waals surface area contributed by atoms with Crippen molar-refractivity contribution in [3.05, 3.63) is 65.9 Å². The molecule has 0 saturated heterocycles. The summed E-state index contributed by atoms with van der Waals surface area (Å²) in [7, 11) is 0. The number of ether oxygens (including phenoxy) is 1. The molecule has 0 aliphatic heterocycles. The molecule has 1 heterocycles. The molecule has 0 fully saturated rings. The number of hydrogen-bond donors (Lipinski definition) is 2. The third kappa shape index (κ3) is 4.13. The van der Waals surface area contributed by atoms with Crippen LogP contribution < -0.4 is 10.1 Å². The summed E-state index contributed by atoms with van der Waals surface area (Å²) in [5.74, 6) is -2.27. The van der Waals surface area contributed by atoms with Crippen molar-refractivity contribution in [3.8, 4) is 5.75 Å². The van der Waals surface area contributed by atoms with Crippen molar-refractivity contribution in [3.63, 3.8) is 0 Å². The van der Waals surface area contributed by atoms with E-state index in [0.29, 0.717) is 5.58 Å². The van der Waals surface area contributed by atoms with E-state index in [0.717, 1.165) is 17.5 Å². The first-order valence-corrected chi connectivity index (χ1v) is 7.55. The molecule has 7 heteroatoms. The highest BCUT2D eigenvalue weighted by Gasteiger charge is 2.14. The van der Waals surface area contributed by atoms with Gasteiger partial charge in [0.2, 0.25) is 0 Å². The summed E-state index contributed by atoms with van der Waals surface area (Å²) >= 11 is 0. The molecule has 0 radical (unpaired) electrons. The number of carbonyl (C=O) groups is 1. The number of benzene rings is 2. The second kappa shape index (κ2) is 7.31. The van der Waals surface area contributed by atoms with E-state index < -0.39 is 23.6 Å². The molecule has 5 nitrogen and oxygen atoms in total. The van der Waals surface area contributed by atoms with Crippen molar-refractivity contribution in [2.24, 2.45) is 0 Å². The average Bonchev–Trinajstić information content (AvgIpc) is 3.05. The van der Waals surface area contributed by atoms with Gasteiger partial charge in [-0.05, 0) is 24.3 Å². The minimum absolute atomic E-state index is 0.0838. The van der Waals surface area contributed by atoms with Gasteiger partial charge < -0.3 is 19.6 Å². The highest BCUT2D eigenvalue weighted by atomic mass is 19.2. The van der Waals surface area contributed by atoms with E-state index in [2.05, 4.69) is 5.32 Å². The Hall–Kier alpha value is -2.93. The lowest BCUT2D eigenvalue weighted by Gasteiger charge is -2.13. The molecule has 25 heavy (non-hydrogen) atoms. The molecule has 2 N–H and O–H groups in total. The Morgan fingerprint density at radius 3 is 2.72 bits per heavy atom. The second-order valence-corrected chi connectivity index (χ2v) is 5.40. The molecule has 1 unspecified atom stereocenters. The van der Waals surface area contributed by atoms with E-state index in [-0.39, 0.29) is 24.7 Å². The van der Waals surface area contributed by atoms with E-state index in [1.807, 2.05) is 12.1 Å². The van der Waals surface area contributed by atoms with Crippen molar-refractivity contribution in [1.29, 1.82) is 0 Å². The number of aliphatic hydroxyl groups is 1. The number of fused-ring (bicyclic) bond motifs is 1. The molecule has 130 valence electrons. The van der Waals surface area contributed by atoms with Crippen molar-refractivity contribution in [2.45, 2.75) is 6.10 Å². The topological polar surface area (TPSA) is 71.7 Å². The number of carbonyl (C=O) groups excluding carboxylic acids is 1. The lowest BCUT2D eigenvalue weighted by Crippen LogP contribution is -2.35. The monoisotopic (exact) mass is 347 g/mol. The maximum Gasteiger partial charge on any atom is 0.287 e. The number of hydrogen-bond acceptors (Lipinski definition) is 4. The molecule has 1 atom stereocenters. The van der Waals surface area contributed by atoms with Crippen LogP contribution in [0, 0.1) is 11.6 Å². The number of halogens is 2. The summed E-state index contributed by atoms with van der Waals surface area (Å²) in [5, 5.41) is 13.2. The van der Waals surface area contributed by atoms with Gasteiger partial charge in [-0.1, -0.05) is 18.2 Å². The molecule has 0 bridgehead atoms. The second-order valence-electron chi connectivity index (χ2n) is 5.40. The van der Waals surface area contributed by atoms with Gasteiger partial charge in [-0.25, -0.2) is 8.78 Å². The summed E-state index contributed by atoms with van der Waals surface area (Å²) < 4.78 is 36.4. The molecule has 3 rings (SSSR count). The van der Waals surface area contributed by atoms with Gasteiger partial charge in [0.25, 0.3) is 5.91 Å². The summed E-state index contributed by atoms with van der Waals surface area (Å²) in [5.41, 5.74) is 0.592. The fourth-order valence-electron chi connectivity index (χ4n) is 2.21. The molecular formula is C18H15F2NO4. The van der Waals surface area contributed by atoms with Gasteiger partial charge in [0.15, 0.2) is 17.4 Å². The number of para-hydroxylation sites is 1. The van der Waals surface area contributed by atoms with Crippen LogP contribution in [0.5, 0.6) is 5.75 Å². The molecule has 3 aromatic rings. The Kier molecular flexibility index (Phi) is 4.95. The first-order chi connectivity index (χ1) is 12.0. The van der Waals surface area contributed by atoms with Crippen molar-refractivity contribution < 1.29 is 27.8 Å². The Bertz CT molecular complexity index is 861. The number of amides is 1. The molecule has 0 aliphatic rings. The lowest BCUT2D eigenvalue weighted by atomic mass is 10.2. The largest absolute Gasteiger partial charge is 0.491 e. The Labute approximate surface area is 141 Å². The van der Waals surface area contributed by atoms with Crippen molar-refractivity contribution in [2.75, 3.05) is 13.2 Å². The first-order valence-electron chi connectivity index (χ1n) is 7.55. The van der Waals surface area contributed by atoms with Gasteiger partial charge >= 0.3 is 0 Å². The van der Waals surface area contributed by atoms with Crippen LogP contribution in [0.1, 0.15) is 10.6 Å². The van der Waals surface area contributed by atoms with Gasteiger partial charge in [0.1, 0.15) is 24.0 Å². The van der Waals surface area contributed by atoms with Crippen LogP contribution in [0.2, 0.25) is 0 Å². The smallest absolute Gasteiger partial charge is 0.287 e. The quantitative estimate of drug-likeness (QED) is 0.719. The van der Waals surface area contributed by atoms with E-state index in [9.17, 15) is 18.7 Å². The minimum Gasteiger partial charge on any atom is -0.491 e. The number of nitrogens with one attached hydrogen (secondary N) is 1. The van der Waals surface area contributed by atoms with Crippen LogP contribution in [-0.2, 0) is 0 Å². The molecule has 0 aliphatic carbocycles. The third-order valence-corrected chi connectivity index (χ3v) is 3.48. The minimum atomic E-state index is -1.04. The summed E-state index contributed by atoms with van der Waals surface area (Å²) in [6.45, 7) is -0.273. The molecule has 0 spiro atoms. The normalized spacial score (nSPS) is 12.1. The highest BCUT2D eigenvalue weighted by Crippen LogP contribution is 2.18. The molecule has 1 amide bonds. The molecule has 1 aromatic heterocycles. The van der Waals surface area contributed by atoms with Gasteiger partial charge in [-0.3, -0.25) is 4.79 Å². The number of aliphatic hydroxyl groups excluding tert-OH is 1. The molecule has 0 saturated carbocycles. The van der Waals surface area contributed by atoms with Crippen LogP contribution in [0.25, 0.3) is 11.0 Å². The zero-order valence-corrected chi connectivity index (χ0v) is 13.0. The van der Waals surface area contributed by atoms with Gasteiger partial charge in [0, 0.05) is 18.0 Å². The Morgan fingerprint density at radius 1 is 1.16 bits per heavy atom. The SMILES string of the molecule is O=C(NCC(O)COc1ccc(F)c(F)c1)c1cc2ccccc2o1. The van der Waals surface area contributed by atoms with Crippen LogP contribution in [-0.4, -0.2) is 30.3 Å². The first kappa shape index (κ1) is 16.9. The Morgan fingerprint density at radius 2 is 1.96 bits per heavy atom. The lowest BCUT2D eigenvalue weighted by molar-refractivity contribution is 0.0823. The number of furan rings is 1. The van der Waals surface area contributed by atoms with Crippen molar-refractivity contribution in [1.82, 2.24) is 5.32 Å². The highest BCUT2D eigenvalue weighted by molar-refractivity contribution is 5.96. The predicted molar refractivity (Wildman–Crippen MR) is 86.4 cm³/mol. The van der Waals surface area contributed by atoms with Crippen molar-refractivity contribution >= 4 is 16.9 Å². The molecular weight excluding hydrogens is 332 g/mol. The zero-order valence-electron chi connectivity index (χ0n) is 13.0. The van der Waals surface area contributed by atoms with E-state index in [4.69, 9.17) is 9.15 Å². The standard InChI is InChI=1S/C18H15F2NO4/c19-14-6-5-13(8-15(14)20)24-10-12(22)9-21-18(23)17-7-11-3-1-2-4-16(11)25-17/h1-8,12,22H,9-10H2,(H,21,23). The summed E-state index contributed by atoms with van der Waals surface area (Å²) in [4.78, 5) is 12.0. The van der Waals surface area contributed by atoms with E-state index >= 15 is 0 Å². The fourth-order valence-corrected chi connectivity index (χ4v) is 2.21. The number of rotatable bonds is 6. The predicted octanol–water partition coefficient (Wildman–Crippen LogP) is 2.88. The summed E-state index contributed by atoms with van der Waals surface area (Å²) in [6.07, 6.45) is -1.03. The van der Waals surface area contributed by atoms with E-state index in [1.54, 1.807) is 18.2 Å². The van der Waals surface area contributed by atoms with Gasteiger partial charge in [-0.2, -0.15) is 0 Å². The van der Waals surface area contributed by atoms with E-state index in [1.165, 1.54) is 6.07 Å². The van der Waals surface area contributed by atoms with Gasteiger partial charge in [0.05, 0.1) is 0 Å². The zero-order chi connectivity index (χ0) is 17.8. The van der Waals surface area contributed by atoms with Crippen LogP contribution in [0.3, 0.4) is 0 Å². The van der Waals surface area contributed by atoms with Crippen LogP contribution in [0.15, 0.2) is 52.9 Å². The molecule has 2 aromatic carbocycles. The van der Waals surface area contributed by atoms with Crippen LogP contribution in [0.4, 0.5) is 8.78 Å². The maximum absolute atomic E-state index is 13.0. The van der Waals surface area contributed by atoms with Gasteiger partial charge in [-0.15, -0.1) is 0 Å². The maximum atomic E-state index is 13.0.